The molecule has 1 aliphatic rings. The molecule has 3 N–H and O–H groups in total. The van der Waals surface area contributed by atoms with Crippen molar-refractivity contribution in [3.63, 3.8) is 0 Å². The van der Waals surface area contributed by atoms with Gasteiger partial charge in [-0.1, -0.05) is 38.1 Å². The standard InChI is InChI=1S/C26H31N9O2/c1-15-21(14-29-35(15)5)32-25-28-11-9-19(31-25)16-6-7-18-17(12-16)13-27-10-8-20(18)30-23(36)22-33-24(37-34-22)26(2,3)4/h6-7,9,11-12,14,20,27H,8,10,13H2,1-5H3,(H,30,36)(H,28,31,32)/t20-/m1/s1. The Balaban J connectivity index is 1.37. The van der Waals surface area contributed by atoms with Crippen molar-refractivity contribution in [2.45, 2.75) is 52.1 Å². The summed E-state index contributed by atoms with van der Waals surface area (Å²) in [5.41, 5.74) is 5.45. The van der Waals surface area contributed by atoms with Gasteiger partial charge in [0.05, 0.1) is 29.3 Å². The van der Waals surface area contributed by atoms with E-state index in [0.29, 0.717) is 18.4 Å². The molecule has 5 rings (SSSR count). The Morgan fingerprint density at radius 1 is 1.22 bits per heavy atom. The Labute approximate surface area is 215 Å². The van der Waals surface area contributed by atoms with E-state index >= 15 is 0 Å². The van der Waals surface area contributed by atoms with Crippen molar-refractivity contribution in [1.82, 2.24) is 40.5 Å². The first-order valence-electron chi connectivity index (χ1n) is 12.3. The van der Waals surface area contributed by atoms with Gasteiger partial charge in [0.2, 0.25) is 11.8 Å². The molecule has 0 unspecified atom stereocenters. The summed E-state index contributed by atoms with van der Waals surface area (Å²) < 4.78 is 7.09. The minimum absolute atomic E-state index is 0.0465. The lowest BCUT2D eigenvalue weighted by atomic mass is 9.96. The number of hydrogen-bond acceptors (Lipinski definition) is 9. The first kappa shape index (κ1) is 24.6. The third-order valence-electron chi connectivity index (χ3n) is 6.45. The van der Waals surface area contributed by atoms with Gasteiger partial charge in [0.15, 0.2) is 0 Å². The summed E-state index contributed by atoms with van der Waals surface area (Å²) in [5, 5.41) is 17.9. The zero-order valence-electron chi connectivity index (χ0n) is 21.7. The molecule has 0 saturated carbocycles. The first-order chi connectivity index (χ1) is 17.7. The Morgan fingerprint density at radius 3 is 2.78 bits per heavy atom. The normalized spacial score (nSPS) is 15.6. The van der Waals surface area contributed by atoms with Crippen molar-refractivity contribution in [3.8, 4) is 11.3 Å². The molecule has 1 atom stereocenters. The number of aryl methyl sites for hydroxylation is 1. The van der Waals surface area contributed by atoms with Crippen molar-refractivity contribution in [3.05, 3.63) is 65.2 Å². The maximum Gasteiger partial charge on any atom is 0.293 e. The molecule has 1 aromatic carbocycles. The third kappa shape index (κ3) is 5.21. The predicted molar refractivity (Wildman–Crippen MR) is 138 cm³/mol. The first-order valence-corrected chi connectivity index (χ1v) is 12.3. The molecule has 4 aromatic rings. The van der Waals surface area contributed by atoms with Crippen LogP contribution >= 0.6 is 0 Å². The molecule has 4 heterocycles. The molecule has 1 aliphatic heterocycles. The largest absolute Gasteiger partial charge is 0.342 e. The average molecular weight is 502 g/mol. The third-order valence-corrected chi connectivity index (χ3v) is 6.45. The van der Waals surface area contributed by atoms with Gasteiger partial charge >= 0.3 is 0 Å². The highest BCUT2D eigenvalue weighted by Crippen LogP contribution is 2.29. The van der Waals surface area contributed by atoms with Gasteiger partial charge in [-0.05, 0) is 43.1 Å². The van der Waals surface area contributed by atoms with Crippen LogP contribution in [-0.2, 0) is 19.0 Å². The van der Waals surface area contributed by atoms with Crippen molar-refractivity contribution in [1.29, 1.82) is 0 Å². The zero-order chi connectivity index (χ0) is 26.2. The molecule has 0 aliphatic carbocycles. The van der Waals surface area contributed by atoms with Gasteiger partial charge < -0.3 is 20.5 Å². The summed E-state index contributed by atoms with van der Waals surface area (Å²) in [5.74, 6) is 0.632. The SMILES string of the molecule is Cc1c(Nc2nccc(-c3ccc4c(c3)CNCC[C@H]4NC(=O)c3noc(C(C)(C)C)n3)n2)cnn1C. The summed E-state index contributed by atoms with van der Waals surface area (Å²) in [6, 6.07) is 7.89. The summed E-state index contributed by atoms with van der Waals surface area (Å²) >= 11 is 0. The van der Waals surface area contributed by atoms with Crippen LogP contribution in [0.25, 0.3) is 11.3 Å². The van der Waals surface area contributed by atoms with E-state index in [1.165, 1.54) is 0 Å². The zero-order valence-corrected chi connectivity index (χ0v) is 21.7. The van der Waals surface area contributed by atoms with Gasteiger partial charge in [-0.25, -0.2) is 9.97 Å². The number of nitrogens with zero attached hydrogens (tertiary/aromatic N) is 6. The number of hydrogen-bond donors (Lipinski definition) is 3. The fourth-order valence-corrected chi connectivity index (χ4v) is 4.20. The second-order valence-electron chi connectivity index (χ2n) is 10.2. The summed E-state index contributed by atoms with van der Waals surface area (Å²) in [6.45, 7) is 9.32. The number of carbonyl (C=O) groups is 1. The summed E-state index contributed by atoms with van der Waals surface area (Å²) in [6.07, 6.45) is 4.24. The van der Waals surface area contributed by atoms with E-state index in [-0.39, 0.29) is 23.2 Å². The second kappa shape index (κ2) is 9.74. The maximum absolute atomic E-state index is 12.9. The van der Waals surface area contributed by atoms with Crippen LogP contribution < -0.4 is 16.0 Å². The number of benzene rings is 1. The molecular weight excluding hydrogens is 470 g/mol. The van der Waals surface area contributed by atoms with E-state index < -0.39 is 0 Å². The molecule has 11 nitrogen and oxygen atoms in total. The molecule has 0 radical (unpaired) electrons. The second-order valence-corrected chi connectivity index (χ2v) is 10.2. The Kier molecular flexibility index (Phi) is 6.46. The summed E-state index contributed by atoms with van der Waals surface area (Å²) in [4.78, 5) is 26.3. The number of nitrogens with one attached hydrogen (secondary N) is 3. The number of amides is 1. The predicted octanol–water partition coefficient (Wildman–Crippen LogP) is 3.57. The van der Waals surface area contributed by atoms with E-state index in [2.05, 4.69) is 48.3 Å². The number of carbonyl (C=O) groups excluding carboxylic acids is 1. The van der Waals surface area contributed by atoms with Gasteiger partial charge in [0.25, 0.3) is 11.7 Å². The van der Waals surface area contributed by atoms with Gasteiger partial charge in [0, 0.05) is 30.8 Å². The topological polar surface area (TPSA) is 136 Å². The lowest BCUT2D eigenvalue weighted by molar-refractivity contribution is 0.0921. The minimum atomic E-state index is -0.349. The van der Waals surface area contributed by atoms with Crippen LogP contribution in [0, 0.1) is 6.92 Å². The Bertz CT molecular complexity index is 1430. The lowest BCUT2D eigenvalue weighted by Crippen LogP contribution is -2.30. The average Bonchev–Trinajstić information content (AvgIpc) is 3.44. The molecule has 0 spiro atoms. The Morgan fingerprint density at radius 2 is 2.05 bits per heavy atom. The van der Waals surface area contributed by atoms with E-state index in [1.807, 2.05) is 46.9 Å². The smallest absolute Gasteiger partial charge is 0.293 e. The molecule has 0 fully saturated rings. The molecule has 0 saturated heterocycles. The van der Waals surface area contributed by atoms with E-state index in [9.17, 15) is 4.79 Å². The van der Waals surface area contributed by atoms with Crippen molar-refractivity contribution < 1.29 is 9.32 Å². The highest BCUT2D eigenvalue weighted by atomic mass is 16.5. The number of aromatic nitrogens is 6. The van der Waals surface area contributed by atoms with Crippen molar-refractivity contribution in [2.75, 3.05) is 11.9 Å². The molecule has 0 bridgehead atoms. The van der Waals surface area contributed by atoms with Gasteiger partial charge in [-0.3, -0.25) is 9.48 Å². The summed E-state index contributed by atoms with van der Waals surface area (Å²) in [7, 11) is 1.89. The maximum atomic E-state index is 12.9. The van der Waals surface area contributed by atoms with Crippen LogP contribution in [0.4, 0.5) is 11.6 Å². The Hall–Kier alpha value is -4.12. The van der Waals surface area contributed by atoms with Crippen LogP contribution in [0.1, 0.15) is 66.6 Å². The van der Waals surface area contributed by atoms with Crippen LogP contribution in [0.5, 0.6) is 0 Å². The van der Waals surface area contributed by atoms with E-state index in [1.54, 1.807) is 17.1 Å². The van der Waals surface area contributed by atoms with Crippen LogP contribution in [0.3, 0.4) is 0 Å². The van der Waals surface area contributed by atoms with Crippen LogP contribution in [0.2, 0.25) is 0 Å². The molecular formula is C26H31N9O2. The lowest BCUT2D eigenvalue weighted by Gasteiger charge is -2.19. The highest BCUT2D eigenvalue weighted by molar-refractivity contribution is 5.90. The molecule has 1 amide bonds. The number of fused-ring (bicyclic) bond motifs is 1. The highest BCUT2D eigenvalue weighted by Gasteiger charge is 2.27. The van der Waals surface area contributed by atoms with Crippen molar-refractivity contribution in [2.24, 2.45) is 7.05 Å². The van der Waals surface area contributed by atoms with E-state index in [0.717, 1.165) is 46.7 Å². The fourth-order valence-electron chi connectivity index (χ4n) is 4.20. The van der Waals surface area contributed by atoms with Crippen LogP contribution in [-0.4, -0.2) is 42.3 Å². The van der Waals surface area contributed by atoms with Gasteiger partial charge in [-0.2, -0.15) is 10.1 Å². The van der Waals surface area contributed by atoms with Gasteiger partial charge in [0.1, 0.15) is 0 Å². The number of anilines is 2. The quantitative estimate of drug-likeness (QED) is 0.375. The molecule has 11 heteroatoms. The van der Waals surface area contributed by atoms with E-state index in [4.69, 9.17) is 9.51 Å². The monoisotopic (exact) mass is 501 g/mol. The minimum Gasteiger partial charge on any atom is -0.342 e. The van der Waals surface area contributed by atoms with Gasteiger partial charge in [-0.15, -0.1) is 0 Å². The molecule has 37 heavy (non-hydrogen) atoms. The molecule has 192 valence electrons. The number of rotatable bonds is 5. The van der Waals surface area contributed by atoms with Crippen molar-refractivity contribution >= 4 is 17.5 Å². The molecule has 3 aromatic heterocycles. The fraction of sp³-hybridized carbons (Fsp3) is 0.385. The van der Waals surface area contributed by atoms with Crippen LogP contribution in [0.15, 0.2) is 41.2 Å².